The van der Waals surface area contributed by atoms with Crippen molar-refractivity contribution in [3.63, 3.8) is 0 Å². The summed E-state index contributed by atoms with van der Waals surface area (Å²) in [5, 5.41) is 7.49. The van der Waals surface area contributed by atoms with Gasteiger partial charge in [0.25, 0.3) is 0 Å². The lowest BCUT2D eigenvalue weighted by molar-refractivity contribution is 0.728. The first-order valence-corrected chi connectivity index (χ1v) is 21.2. The number of benzene rings is 8. The van der Waals surface area contributed by atoms with Gasteiger partial charge < -0.3 is 0 Å². The van der Waals surface area contributed by atoms with E-state index in [2.05, 4.69) is 213 Å². The highest BCUT2D eigenvalue weighted by Gasteiger charge is 2.22. The van der Waals surface area contributed by atoms with E-state index in [0.717, 1.165) is 73.9 Å². The molecule has 0 saturated carbocycles. The number of aryl methyl sites for hydroxylation is 1. The van der Waals surface area contributed by atoms with Crippen LogP contribution in [0.4, 0.5) is 5.69 Å². The smallest absolute Gasteiger partial charge is 0.145 e. The number of imidazole rings is 1. The van der Waals surface area contributed by atoms with Crippen molar-refractivity contribution in [2.75, 3.05) is 6.54 Å². The third-order valence-electron chi connectivity index (χ3n) is 11.9. The highest BCUT2D eigenvalue weighted by atomic mass is 15.1. The number of fused-ring (bicyclic) bond motifs is 7. The molecule has 0 N–H and O–H groups in total. The SMILES string of the molecule is CC(=Nc1ccccc1C)c1cccc(/C=C/C(=NCC2=CC(C)CC=C2c2nc3ccccc3n2-c2ccccc2)c2ccc3c4ccccc4c4ccccc4c3c2)c1. The molecule has 8 aromatic carbocycles. The van der Waals surface area contributed by atoms with Crippen LogP contribution in [0.15, 0.2) is 204 Å². The molecule has 0 saturated heterocycles. The molecule has 1 aliphatic carbocycles. The van der Waals surface area contributed by atoms with Gasteiger partial charge >= 0.3 is 0 Å². The fraction of sp³-hybridized carbons (Fsp3) is 0.105. The Morgan fingerprint density at radius 1 is 0.672 bits per heavy atom. The summed E-state index contributed by atoms with van der Waals surface area (Å²) in [5.41, 5.74) is 12.8. The predicted molar refractivity (Wildman–Crippen MR) is 260 cm³/mol. The summed E-state index contributed by atoms with van der Waals surface area (Å²) in [6, 6.07) is 60.2. The number of hydrogen-bond donors (Lipinski definition) is 0. The van der Waals surface area contributed by atoms with Crippen LogP contribution in [0, 0.1) is 12.8 Å². The van der Waals surface area contributed by atoms with Crippen LogP contribution in [0.3, 0.4) is 0 Å². The zero-order chi connectivity index (χ0) is 41.3. The van der Waals surface area contributed by atoms with E-state index in [1.54, 1.807) is 0 Å². The Morgan fingerprint density at radius 2 is 1.34 bits per heavy atom. The molecule has 0 amide bonds. The van der Waals surface area contributed by atoms with Crippen molar-refractivity contribution in [2.24, 2.45) is 15.9 Å². The molecular formula is C57H46N4. The quantitative estimate of drug-likeness (QED) is 0.106. The molecule has 0 aliphatic heterocycles. The second-order valence-electron chi connectivity index (χ2n) is 16.1. The summed E-state index contributed by atoms with van der Waals surface area (Å²) in [6.07, 6.45) is 10.1. The van der Waals surface area contributed by atoms with E-state index >= 15 is 0 Å². The fourth-order valence-corrected chi connectivity index (χ4v) is 8.81. The zero-order valence-electron chi connectivity index (χ0n) is 34.8. The monoisotopic (exact) mass is 786 g/mol. The molecule has 1 aromatic heterocycles. The van der Waals surface area contributed by atoms with Crippen LogP contribution in [-0.2, 0) is 0 Å². The Morgan fingerprint density at radius 3 is 2.11 bits per heavy atom. The molecule has 0 bridgehead atoms. The Labute approximate surface area is 357 Å². The van der Waals surface area contributed by atoms with Crippen LogP contribution in [0.1, 0.15) is 48.3 Å². The van der Waals surface area contributed by atoms with Gasteiger partial charge in [-0.3, -0.25) is 14.6 Å². The molecule has 9 aromatic rings. The standard InChI is InChI=1S/C57H46N4/c1-38-28-31-46(57-60-55-26-13-14-27-56(55)61(57)45-19-5-4-6-20-45)44(34-38)37-58-54(33-29-41-17-15-18-42(35-41)40(3)59-53-25-12-7-16-39(53)2)43-30-32-51-49-23-9-8-21-47(49)48-22-10-11-24-50(48)52(51)36-43/h4-27,29-36,38H,28,37H2,1-3H3/b33-29+,58-54?,59-40?. The normalized spacial score (nSPS) is 15.0. The molecule has 1 unspecified atom stereocenters. The number of aliphatic imine (C=N–C) groups is 2. The van der Waals surface area contributed by atoms with Crippen LogP contribution in [0.5, 0.6) is 0 Å². The maximum absolute atomic E-state index is 5.53. The molecular weight excluding hydrogens is 741 g/mol. The Hall–Kier alpha value is -7.43. The molecule has 0 spiro atoms. The number of nitrogens with zero attached hydrogens (tertiary/aromatic N) is 4. The minimum atomic E-state index is 0.384. The second-order valence-corrected chi connectivity index (χ2v) is 16.1. The van der Waals surface area contributed by atoms with Gasteiger partial charge in [-0.2, -0.15) is 0 Å². The maximum atomic E-state index is 5.53. The lowest BCUT2D eigenvalue weighted by Crippen LogP contribution is -2.10. The van der Waals surface area contributed by atoms with Crippen LogP contribution in [0.2, 0.25) is 0 Å². The van der Waals surface area contributed by atoms with Gasteiger partial charge in [0.15, 0.2) is 0 Å². The zero-order valence-corrected chi connectivity index (χ0v) is 34.8. The first-order valence-electron chi connectivity index (χ1n) is 21.2. The van der Waals surface area contributed by atoms with Gasteiger partial charge in [0, 0.05) is 22.5 Å². The van der Waals surface area contributed by atoms with Crippen molar-refractivity contribution in [2.45, 2.75) is 27.2 Å². The van der Waals surface area contributed by atoms with Crippen molar-refractivity contribution in [3.05, 3.63) is 222 Å². The predicted octanol–water partition coefficient (Wildman–Crippen LogP) is 14.5. The van der Waals surface area contributed by atoms with Gasteiger partial charge in [-0.05, 0) is 129 Å². The molecule has 0 fully saturated rings. The molecule has 0 radical (unpaired) electrons. The molecule has 1 aliphatic rings. The third kappa shape index (κ3) is 7.42. The first kappa shape index (κ1) is 37.8. The van der Waals surface area contributed by atoms with E-state index in [4.69, 9.17) is 15.0 Å². The van der Waals surface area contributed by atoms with Gasteiger partial charge in [0.2, 0.25) is 0 Å². The minimum absolute atomic E-state index is 0.384. The average molecular weight is 787 g/mol. The number of hydrogen-bond acceptors (Lipinski definition) is 3. The summed E-state index contributed by atoms with van der Waals surface area (Å²) in [6.45, 7) is 6.98. The molecule has 294 valence electrons. The first-order chi connectivity index (χ1) is 30.0. The van der Waals surface area contributed by atoms with Gasteiger partial charge in [-0.15, -0.1) is 0 Å². The summed E-state index contributed by atoms with van der Waals surface area (Å²) in [5.74, 6) is 1.33. The number of aromatic nitrogens is 2. The summed E-state index contributed by atoms with van der Waals surface area (Å²) in [7, 11) is 0. The van der Waals surface area contributed by atoms with Crippen LogP contribution >= 0.6 is 0 Å². The molecule has 1 atom stereocenters. The van der Waals surface area contributed by atoms with Crippen molar-refractivity contribution in [1.82, 2.24) is 9.55 Å². The Bertz CT molecular complexity index is 3250. The van der Waals surface area contributed by atoms with Crippen molar-refractivity contribution < 1.29 is 0 Å². The number of allylic oxidation sites excluding steroid dienone is 3. The van der Waals surface area contributed by atoms with Crippen molar-refractivity contribution in [1.29, 1.82) is 0 Å². The third-order valence-corrected chi connectivity index (χ3v) is 11.9. The summed E-state index contributed by atoms with van der Waals surface area (Å²) < 4.78 is 2.30. The minimum Gasteiger partial charge on any atom is -0.292 e. The molecule has 10 rings (SSSR count). The second kappa shape index (κ2) is 16.3. The van der Waals surface area contributed by atoms with E-state index < -0.39 is 0 Å². The Balaban J connectivity index is 1.09. The fourth-order valence-electron chi connectivity index (χ4n) is 8.81. The molecule has 4 heteroatoms. The number of rotatable bonds is 9. The summed E-state index contributed by atoms with van der Waals surface area (Å²) in [4.78, 5) is 15.8. The van der Waals surface area contributed by atoms with E-state index in [1.165, 1.54) is 37.9 Å². The summed E-state index contributed by atoms with van der Waals surface area (Å²) >= 11 is 0. The van der Waals surface area contributed by atoms with Gasteiger partial charge in [0.1, 0.15) is 5.82 Å². The van der Waals surface area contributed by atoms with Crippen LogP contribution in [0.25, 0.3) is 60.7 Å². The lowest BCUT2D eigenvalue weighted by Gasteiger charge is -2.20. The lowest BCUT2D eigenvalue weighted by atomic mass is 9.90. The van der Waals surface area contributed by atoms with E-state index in [-0.39, 0.29) is 0 Å². The maximum Gasteiger partial charge on any atom is 0.145 e. The van der Waals surface area contributed by atoms with Gasteiger partial charge in [-0.25, -0.2) is 4.98 Å². The number of para-hydroxylation sites is 4. The van der Waals surface area contributed by atoms with Crippen molar-refractivity contribution in [3.8, 4) is 5.69 Å². The highest BCUT2D eigenvalue weighted by molar-refractivity contribution is 6.26. The van der Waals surface area contributed by atoms with Gasteiger partial charge in [0.05, 0.1) is 29.0 Å². The largest absolute Gasteiger partial charge is 0.292 e. The molecule has 61 heavy (non-hydrogen) atoms. The van der Waals surface area contributed by atoms with Crippen LogP contribution in [-0.4, -0.2) is 27.5 Å². The van der Waals surface area contributed by atoms with Gasteiger partial charge in [-0.1, -0.05) is 153 Å². The van der Waals surface area contributed by atoms with E-state index in [9.17, 15) is 0 Å². The topological polar surface area (TPSA) is 42.5 Å². The highest BCUT2D eigenvalue weighted by Crippen LogP contribution is 2.37. The van der Waals surface area contributed by atoms with E-state index in [0.29, 0.717) is 12.5 Å². The van der Waals surface area contributed by atoms with Crippen LogP contribution < -0.4 is 0 Å². The molecule has 4 nitrogen and oxygen atoms in total. The molecule has 1 heterocycles. The van der Waals surface area contributed by atoms with Crippen molar-refractivity contribution >= 4 is 72.1 Å². The van der Waals surface area contributed by atoms with E-state index in [1.807, 2.05) is 6.07 Å². The average Bonchev–Trinajstić information content (AvgIpc) is 3.69. The Kier molecular flexibility index (Phi) is 10.1.